The number of carbonyl (C=O) groups excluding carboxylic acids is 1. The Bertz CT molecular complexity index is 1090. The highest BCUT2D eigenvalue weighted by atomic mass is 32.2. The van der Waals surface area contributed by atoms with Gasteiger partial charge in [0.25, 0.3) is 0 Å². The van der Waals surface area contributed by atoms with E-state index in [-0.39, 0.29) is 11.7 Å². The van der Waals surface area contributed by atoms with Crippen molar-refractivity contribution in [1.82, 2.24) is 20.1 Å². The summed E-state index contributed by atoms with van der Waals surface area (Å²) in [7, 11) is 1.65. The lowest BCUT2D eigenvalue weighted by atomic mass is 10.1. The van der Waals surface area contributed by atoms with Gasteiger partial charge in [0.1, 0.15) is 5.75 Å². The number of thioether (sulfide) groups is 1. The number of nitrogens with zero attached hydrogens (tertiary/aromatic N) is 3. The van der Waals surface area contributed by atoms with Crippen LogP contribution in [-0.4, -0.2) is 40.1 Å². The molecule has 1 N–H and O–H groups in total. The first-order valence-corrected chi connectivity index (χ1v) is 11.3. The number of amides is 1. The topological polar surface area (TPSA) is 69.0 Å². The molecular weight excluding hydrogens is 420 g/mol. The van der Waals surface area contributed by atoms with Crippen LogP contribution in [0.4, 0.5) is 0 Å². The summed E-state index contributed by atoms with van der Waals surface area (Å²) in [5.74, 6) is 1.79. The van der Waals surface area contributed by atoms with Gasteiger partial charge in [0.15, 0.2) is 5.82 Å². The third-order valence-corrected chi connectivity index (χ3v) is 5.69. The first kappa shape index (κ1) is 21.6. The van der Waals surface area contributed by atoms with E-state index in [1.165, 1.54) is 11.8 Å². The van der Waals surface area contributed by atoms with Crippen molar-refractivity contribution in [3.05, 3.63) is 90.5 Å². The fourth-order valence-electron chi connectivity index (χ4n) is 3.20. The molecular formula is C25H24N4O2S. The van der Waals surface area contributed by atoms with Gasteiger partial charge in [-0.1, -0.05) is 72.4 Å². The van der Waals surface area contributed by atoms with E-state index in [0.29, 0.717) is 11.7 Å². The number of nitrogens with one attached hydrogen (secondary N) is 1. The van der Waals surface area contributed by atoms with Crippen molar-refractivity contribution in [2.45, 2.75) is 11.6 Å². The molecule has 1 amide bonds. The fourth-order valence-corrected chi connectivity index (χ4v) is 3.85. The molecule has 7 heteroatoms. The van der Waals surface area contributed by atoms with Gasteiger partial charge in [0.05, 0.1) is 18.6 Å². The van der Waals surface area contributed by atoms with Gasteiger partial charge in [-0.15, -0.1) is 5.10 Å². The quantitative estimate of drug-likeness (QED) is 0.388. The Labute approximate surface area is 191 Å². The van der Waals surface area contributed by atoms with Crippen molar-refractivity contribution in [2.24, 2.45) is 0 Å². The van der Waals surface area contributed by atoms with Crippen LogP contribution in [0.15, 0.2) is 90.1 Å². The molecule has 3 aromatic carbocycles. The molecule has 32 heavy (non-hydrogen) atoms. The van der Waals surface area contributed by atoms with E-state index < -0.39 is 0 Å². The van der Waals surface area contributed by atoms with Gasteiger partial charge in [-0.3, -0.25) is 4.79 Å². The molecule has 1 aromatic heterocycles. The number of carbonyl (C=O) groups is 1. The maximum Gasteiger partial charge on any atom is 0.230 e. The number of hydrogen-bond acceptors (Lipinski definition) is 5. The number of hydrogen-bond donors (Lipinski definition) is 1. The number of aromatic nitrogens is 3. The number of para-hydroxylation sites is 1. The lowest BCUT2D eigenvalue weighted by Crippen LogP contribution is -2.27. The molecule has 0 aliphatic heterocycles. The zero-order valence-electron chi connectivity index (χ0n) is 17.8. The highest BCUT2D eigenvalue weighted by Gasteiger charge is 2.15. The molecule has 0 aliphatic rings. The molecule has 1 heterocycles. The second-order valence-electron chi connectivity index (χ2n) is 7.07. The van der Waals surface area contributed by atoms with Crippen molar-refractivity contribution in [1.29, 1.82) is 0 Å². The lowest BCUT2D eigenvalue weighted by Gasteiger charge is -2.05. The van der Waals surface area contributed by atoms with Crippen LogP contribution in [0.2, 0.25) is 0 Å². The SMILES string of the molecule is COc1ccc(CCNC(=O)CSc2nc(-c3ccccc3)n(-c3ccccc3)n2)cc1. The van der Waals surface area contributed by atoms with Gasteiger partial charge in [-0.25, -0.2) is 9.67 Å². The molecule has 162 valence electrons. The largest absolute Gasteiger partial charge is 0.497 e. The van der Waals surface area contributed by atoms with Crippen LogP contribution in [0.3, 0.4) is 0 Å². The normalized spacial score (nSPS) is 10.7. The van der Waals surface area contributed by atoms with Crippen molar-refractivity contribution < 1.29 is 9.53 Å². The van der Waals surface area contributed by atoms with Crippen LogP contribution in [0.25, 0.3) is 17.1 Å². The van der Waals surface area contributed by atoms with Gasteiger partial charge in [0, 0.05) is 12.1 Å². The maximum absolute atomic E-state index is 12.3. The Hall–Kier alpha value is -3.58. The van der Waals surface area contributed by atoms with Gasteiger partial charge in [0.2, 0.25) is 11.1 Å². The van der Waals surface area contributed by atoms with Crippen molar-refractivity contribution in [2.75, 3.05) is 19.4 Å². The molecule has 0 aliphatic carbocycles. The van der Waals surface area contributed by atoms with Crippen LogP contribution in [0, 0.1) is 0 Å². The van der Waals surface area contributed by atoms with Gasteiger partial charge >= 0.3 is 0 Å². The second-order valence-corrected chi connectivity index (χ2v) is 8.01. The van der Waals surface area contributed by atoms with E-state index in [4.69, 9.17) is 9.72 Å². The molecule has 0 radical (unpaired) electrons. The van der Waals surface area contributed by atoms with Crippen LogP contribution in [-0.2, 0) is 11.2 Å². The van der Waals surface area contributed by atoms with E-state index >= 15 is 0 Å². The molecule has 4 rings (SSSR count). The minimum absolute atomic E-state index is 0.0409. The Morgan fingerprint density at radius 3 is 2.34 bits per heavy atom. The summed E-state index contributed by atoms with van der Waals surface area (Å²) in [6, 6.07) is 27.7. The molecule has 0 saturated carbocycles. The standard InChI is InChI=1S/C25H24N4O2S/c1-31-22-14-12-19(13-15-22)16-17-26-23(30)18-32-25-27-24(20-8-4-2-5-9-20)29(28-25)21-10-6-3-7-11-21/h2-15H,16-18H2,1H3,(H,26,30). The van der Waals surface area contributed by atoms with Gasteiger partial charge in [-0.2, -0.15) is 0 Å². The molecule has 0 spiro atoms. The molecule has 0 unspecified atom stereocenters. The van der Waals surface area contributed by atoms with Crippen molar-refractivity contribution in [3.63, 3.8) is 0 Å². The Kier molecular flexibility index (Phi) is 7.19. The Morgan fingerprint density at radius 2 is 1.66 bits per heavy atom. The van der Waals surface area contributed by atoms with E-state index in [1.54, 1.807) is 7.11 Å². The molecule has 0 bridgehead atoms. The number of ether oxygens (including phenoxy) is 1. The fraction of sp³-hybridized carbons (Fsp3) is 0.160. The van der Waals surface area contributed by atoms with Gasteiger partial charge < -0.3 is 10.1 Å². The van der Waals surface area contributed by atoms with Gasteiger partial charge in [-0.05, 0) is 36.2 Å². The zero-order valence-corrected chi connectivity index (χ0v) is 18.6. The summed E-state index contributed by atoms with van der Waals surface area (Å²) in [6.07, 6.45) is 0.763. The van der Waals surface area contributed by atoms with E-state index in [9.17, 15) is 4.79 Å². The van der Waals surface area contributed by atoms with Crippen LogP contribution in [0.5, 0.6) is 5.75 Å². The molecule has 6 nitrogen and oxygen atoms in total. The minimum atomic E-state index is -0.0409. The first-order chi connectivity index (χ1) is 15.7. The average molecular weight is 445 g/mol. The highest BCUT2D eigenvalue weighted by Crippen LogP contribution is 2.24. The van der Waals surface area contributed by atoms with Crippen molar-refractivity contribution in [3.8, 4) is 22.8 Å². The molecule has 0 atom stereocenters. The van der Waals surface area contributed by atoms with E-state index in [2.05, 4.69) is 10.4 Å². The Balaban J connectivity index is 1.37. The summed E-state index contributed by atoms with van der Waals surface area (Å²) in [5.41, 5.74) is 3.05. The summed E-state index contributed by atoms with van der Waals surface area (Å²) < 4.78 is 6.99. The van der Waals surface area contributed by atoms with Crippen LogP contribution in [0.1, 0.15) is 5.56 Å². The summed E-state index contributed by atoms with van der Waals surface area (Å²) in [4.78, 5) is 17.0. The monoisotopic (exact) mass is 444 g/mol. The predicted molar refractivity (Wildman–Crippen MR) is 127 cm³/mol. The molecule has 4 aromatic rings. The molecule has 0 fully saturated rings. The molecule has 0 saturated heterocycles. The van der Waals surface area contributed by atoms with E-state index in [0.717, 1.165) is 34.8 Å². The van der Waals surface area contributed by atoms with E-state index in [1.807, 2.05) is 89.6 Å². The van der Waals surface area contributed by atoms with Crippen molar-refractivity contribution >= 4 is 17.7 Å². The number of benzene rings is 3. The third-order valence-electron chi connectivity index (χ3n) is 4.85. The predicted octanol–water partition coefficient (Wildman–Crippen LogP) is 4.39. The summed E-state index contributed by atoms with van der Waals surface area (Å²) >= 11 is 1.33. The maximum atomic E-state index is 12.3. The third kappa shape index (κ3) is 5.56. The lowest BCUT2D eigenvalue weighted by molar-refractivity contribution is -0.118. The Morgan fingerprint density at radius 1 is 0.969 bits per heavy atom. The highest BCUT2D eigenvalue weighted by molar-refractivity contribution is 7.99. The first-order valence-electron chi connectivity index (χ1n) is 10.3. The average Bonchev–Trinajstić information content (AvgIpc) is 3.29. The van der Waals surface area contributed by atoms with Crippen LogP contribution < -0.4 is 10.1 Å². The smallest absolute Gasteiger partial charge is 0.230 e. The number of methoxy groups -OCH3 is 1. The second kappa shape index (κ2) is 10.6. The number of rotatable bonds is 9. The minimum Gasteiger partial charge on any atom is -0.497 e. The van der Waals surface area contributed by atoms with Crippen LogP contribution >= 0.6 is 11.8 Å². The zero-order chi connectivity index (χ0) is 22.2. The summed E-state index contributed by atoms with van der Waals surface area (Å²) in [5, 5.41) is 8.18. The summed E-state index contributed by atoms with van der Waals surface area (Å²) in [6.45, 7) is 0.576.